The predicted molar refractivity (Wildman–Crippen MR) is 272 cm³/mol. The first-order valence-corrected chi connectivity index (χ1v) is 22.6. The second kappa shape index (κ2) is 14.7. The first-order valence-electron chi connectivity index (χ1n) is 21.7. The summed E-state index contributed by atoms with van der Waals surface area (Å²) in [6.07, 6.45) is 0. The molecule has 3 heterocycles. The van der Waals surface area contributed by atoms with E-state index in [0.717, 1.165) is 61.5 Å². The van der Waals surface area contributed by atoms with Gasteiger partial charge in [-0.3, -0.25) is 4.57 Å². The number of furan rings is 1. The fraction of sp³-hybridized carbons (Fsp3) is 0. The Morgan fingerprint density at radius 3 is 1.81 bits per heavy atom. The fourth-order valence-corrected chi connectivity index (χ4v) is 11.0. The molecule has 0 bridgehead atoms. The van der Waals surface area contributed by atoms with Crippen LogP contribution < -0.4 is 4.90 Å². The van der Waals surface area contributed by atoms with Crippen LogP contribution >= 0.6 is 11.3 Å². The zero-order valence-corrected chi connectivity index (χ0v) is 35.5. The van der Waals surface area contributed by atoms with Crippen molar-refractivity contribution in [3.63, 3.8) is 0 Å². The van der Waals surface area contributed by atoms with Gasteiger partial charge in [0.1, 0.15) is 5.58 Å². The highest BCUT2D eigenvalue weighted by Gasteiger charge is 2.22. The van der Waals surface area contributed by atoms with Gasteiger partial charge in [-0.2, -0.15) is 0 Å². The van der Waals surface area contributed by atoms with Gasteiger partial charge < -0.3 is 9.32 Å². The highest BCUT2D eigenvalue weighted by molar-refractivity contribution is 7.25. The van der Waals surface area contributed by atoms with Gasteiger partial charge in [-0.25, -0.2) is 0 Å². The Balaban J connectivity index is 0.939. The molecule has 64 heavy (non-hydrogen) atoms. The van der Waals surface area contributed by atoms with Crippen LogP contribution in [-0.2, 0) is 0 Å². The third kappa shape index (κ3) is 5.88. The van der Waals surface area contributed by atoms with Crippen LogP contribution in [0, 0.1) is 0 Å². The van der Waals surface area contributed by atoms with Crippen LogP contribution in [0.3, 0.4) is 0 Å². The minimum Gasteiger partial charge on any atom is -0.439 e. The molecule has 0 saturated carbocycles. The molecule has 0 unspecified atom stereocenters. The third-order valence-corrected chi connectivity index (χ3v) is 13.9. The Morgan fingerprint density at radius 1 is 0.375 bits per heavy atom. The maximum atomic E-state index is 6.77. The Labute approximate surface area is 373 Å². The second-order valence-corrected chi connectivity index (χ2v) is 17.5. The van der Waals surface area contributed by atoms with E-state index in [9.17, 15) is 0 Å². The lowest BCUT2D eigenvalue weighted by Gasteiger charge is -2.26. The Hall–Kier alpha value is -8.18. The van der Waals surface area contributed by atoms with E-state index in [1.165, 1.54) is 58.6 Å². The summed E-state index contributed by atoms with van der Waals surface area (Å²) in [7, 11) is 0. The van der Waals surface area contributed by atoms with Crippen molar-refractivity contribution in [1.29, 1.82) is 0 Å². The molecule has 0 aliphatic carbocycles. The monoisotopic (exact) mass is 834 g/mol. The van der Waals surface area contributed by atoms with Crippen LogP contribution in [0.5, 0.6) is 0 Å². The van der Waals surface area contributed by atoms with Crippen molar-refractivity contribution in [1.82, 2.24) is 4.57 Å². The summed E-state index contributed by atoms with van der Waals surface area (Å²) in [5, 5.41) is 8.55. The number of aromatic nitrogens is 1. The largest absolute Gasteiger partial charge is 0.439 e. The van der Waals surface area contributed by atoms with Crippen molar-refractivity contribution in [3.05, 3.63) is 231 Å². The molecule has 13 aromatic rings. The number of fused-ring (bicyclic) bond motifs is 9. The van der Waals surface area contributed by atoms with E-state index in [0.29, 0.717) is 0 Å². The smallest absolute Gasteiger partial charge is 0.213 e. The Morgan fingerprint density at radius 2 is 0.984 bits per heavy atom. The quantitative estimate of drug-likeness (QED) is 0.159. The molecule has 4 heteroatoms. The van der Waals surface area contributed by atoms with Crippen LogP contribution in [0.2, 0.25) is 0 Å². The number of hydrogen-bond donors (Lipinski definition) is 0. The van der Waals surface area contributed by atoms with Gasteiger partial charge in [0.25, 0.3) is 0 Å². The molecule has 0 N–H and O–H groups in total. The maximum absolute atomic E-state index is 6.77. The molecule has 10 aromatic carbocycles. The molecule has 0 atom stereocenters. The topological polar surface area (TPSA) is 21.3 Å². The number of nitrogens with zero attached hydrogens (tertiary/aromatic N) is 2. The number of para-hydroxylation sites is 2. The number of anilines is 3. The van der Waals surface area contributed by atoms with Crippen molar-refractivity contribution in [2.45, 2.75) is 0 Å². The molecule has 0 amide bonds. The van der Waals surface area contributed by atoms with Gasteiger partial charge in [0.05, 0.1) is 10.9 Å². The molecule has 3 nitrogen and oxygen atoms in total. The molecular weight excluding hydrogens is 797 g/mol. The molecule has 13 rings (SSSR count). The van der Waals surface area contributed by atoms with Gasteiger partial charge in [-0.15, -0.1) is 11.3 Å². The van der Waals surface area contributed by atoms with Crippen molar-refractivity contribution >= 4 is 92.3 Å². The first-order chi connectivity index (χ1) is 31.7. The van der Waals surface area contributed by atoms with Crippen molar-refractivity contribution < 1.29 is 4.42 Å². The van der Waals surface area contributed by atoms with Crippen molar-refractivity contribution in [2.24, 2.45) is 0 Å². The summed E-state index contributed by atoms with van der Waals surface area (Å²) in [5.74, 6) is 0. The molecule has 3 aromatic heterocycles. The van der Waals surface area contributed by atoms with E-state index in [-0.39, 0.29) is 0 Å². The van der Waals surface area contributed by atoms with E-state index in [4.69, 9.17) is 4.42 Å². The highest BCUT2D eigenvalue weighted by atomic mass is 32.1. The Kier molecular flexibility index (Phi) is 8.40. The first kappa shape index (κ1) is 36.5. The highest BCUT2D eigenvalue weighted by Crippen LogP contribution is 2.45. The maximum Gasteiger partial charge on any atom is 0.213 e. The summed E-state index contributed by atoms with van der Waals surface area (Å²) >= 11 is 1.86. The Bertz CT molecular complexity index is 3890. The number of rotatable bonds is 7. The molecule has 0 spiro atoms. The summed E-state index contributed by atoms with van der Waals surface area (Å²) in [6, 6.07) is 83.3. The van der Waals surface area contributed by atoms with Crippen LogP contribution in [0.25, 0.3) is 103 Å². The van der Waals surface area contributed by atoms with Crippen LogP contribution in [-0.4, -0.2) is 4.57 Å². The lowest BCUT2D eigenvalue weighted by atomic mass is 9.97. The summed E-state index contributed by atoms with van der Waals surface area (Å²) < 4.78 is 11.6. The number of thiophene rings is 1. The average molecular weight is 835 g/mol. The van der Waals surface area contributed by atoms with Crippen LogP contribution in [0.1, 0.15) is 0 Å². The molecular formula is C60H38N2OS. The number of hydrogen-bond acceptors (Lipinski definition) is 3. The lowest BCUT2D eigenvalue weighted by molar-refractivity contribution is 0.645. The number of benzene rings is 10. The van der Waals surface area contributed by atoms with Crippen LogP contribution in [0.15, 0.2) is 235 Å². The minimum atomic E-state index is 0.857. The van der Waals surface area contributed by atoms with Gasteiger partial charge in [0, 0.05) is 53.7 Å². The van der Waals surface area contributed by atoms with Gasteiger partial charge in [-0.1, -0.05) is 158 Å². The van der Waals surface area contributed by atoms with E-state index >= 15 is 0 Å². The van der Waals surface area contributed by atoms with Gasteiger partial charge in [0.15, 0.2) is 0 Å². The van der Waals surface area contributed by atoms with Crippen LogP contribution in [0.4, 0.5) is 17.1 Å². The molecule has 0 fully saturated rings. The van der Waals surface area contributed by atoms with Crippen molar-refractivity contribution in [2.75, 3.05) is 4.90 Å². The predicted octanol–water partition coefficient (Wildman–Crippen LogP) is 17.5. The summed E-state index contributed by atoms with van der Waals surface area (Å²) in [4.78, 5) is 2.38. The summed E-state index contributed by atoms with van der Waals surface area (Å²) in [6.45, 7) is 0. The third-order valence-electron chi connectivity index (χ3n) is 12.8. The van der Waals surface area contributed by atoms with Gasteiger partial charge in [0.2, 0.25) is 5.71 Å². The van der Waals surface area contributed by atoms with Gasteiger partial charge in [-0.05, 0) is 117 Å². The molecule has 0 saturated heterocycles. The standard InChI is InChI=1S/C60H38N2OS/c1-2-16-44(17-3-1)62-54-24-8-6-21-53(54)59-58-50(23-12-25-55(58)63-60(59)62)41-29-34-46(35-30-41)61(45-32-27-40(28-33-45)49-22-11-14-39-13-4-5-19-48(39)49)47-18-10-15-42(37-47)43-31-36-52-51-20-7-9-26-56(51)64-57(52)38-43/h1-38H. The van der Waals surface area contributed by atoms with E-state index in [2.05, 4.69) is 240 Å². The fourth-order valence-electron chi connectivity index (χ4n) is 9.84. The second-order valence-electron chi connectivity index (χ2n) is 16.5. The minimum absolute atomic E-state index is 0.857. The molecule has 0 aliphatic rings. The lowest BCUT2D eigenvalue weighted by Crippen LogP contribution is -2.10. The van der Waals surface area contributed by atoms with Gasteiger partial charge >= 0.3 is 0 Å². The van der Waals surface area contributed by atoms with E-state index in [1.807, 2.05) is 11.3 Å². The average Bonchev–Trinajstić information content (AvgIpc) is 4.03. The zero-order valence-electron chi connectivity index (χ0n) is 34.7. The summed E-state index contributed by atoms with van der Waals surface area (Å²) in [5.41, 5.74) is 14.3. The molecule has 0 aliphatic heterocycles. The normalized spacial score (nSPS) is 11.8. The zero-order chi connectivity index (χ0) is 42.1. The van der Waals surface area contributed by atoms with E-state index in [1.54, 1.807) is 0 Å². The molecule has 300 valence electrons. The van der Waals surface area contributed by atoms with E-state index < -0.39 is 0 Å². The van der Waals surface area contributed by atoms with Crippen molar-refractivity contribution in [3.8, 4) is 39.1 Å². The SMILES string of the molecule is c1ccc(-n2c3ccccc3c3c4c(-c5ccc(N(c6ccc(-c7cccc8ccccc78)cc6)c6cccc(-c7ccc8c(c7)sc7ccccc78)c6)cc5)cccc4oc32)cc1. The molecule has 0 radical (unpaired) electrons.